The molecule has 6 nitrogen and oxygen atoms in total. The molecule has 2 heterocycles. The highest BCUT2D eigenvalue weighted by Crippen LogP contribution is 2.27. The lowest BCUT2D eigenvalue weighted by Crippen LogP contribution is -2.35. The van der Waals surface area contributed by atoms with Crippen LogP contribution in [0.15, 0.2) is 47.4 Å². The van der Waals surface area contributed by atoms with E-state index in [2.05, 4.69) is 21.8 Å². The van der Waals surface area contributed by atoms with Gasteiger partial charge < -0.3 is 9.80 Å². The van der Waals surface area contributed by atoms with Crippen LogP contribution in [0.4, 0.5) is 5.69 Å². The minimum atomic E-state index is -3.58. The molecule has 0 bridgehead atoms. The Hall–Kier alpha value is -2.38. The highest BCUT2D eigenvalue weighted by atomic mass is 32.2. The molecule has 0 aromatic heterocycles. The summed E-state index contributed by atoms with van der Waals surface area (Å²) in [5, 5.41) is 0. The van der Waals surface area contributed by atoms with Crippen LogP contribution >= 0.6 is 0 Å². The number of nitrogens with zero attached hydrogens (tertiary/aromatic N) is 2. The maximum Gasteiger partial charge on any atom is 0.240 e. The van der Waals surface area contributed by atoms with Crippen molar-refractivity contribution in [2.24, 2.45) is 0 Å². The largest absolute Gasteiger partial charge is 0.370 e. The molecular formula is C21H25N3O3S. The molecule has 2 aromatic rings. The number of hydrogen-bond donors (Lipinski definition) is 1. The van der Waals surface area contributed by atoms with E-state index >= 15 is 0 Å². The molecule has 2 aromatic carbocycles. The second-order valence-electron chi connectivity index (χ2n) is 7.38. The van der Waals surface area contributed by atoms with Gasteiger partial charge in [-0.05, 0) is 47.7 Å². The van der Waals surface area contributed by atoms with Crippen LogP contribution < -0.4 is 9.62 Å². The predicted octanol–water partition coefficient (Wildman–Crippen LogP) is 1.93. The number of nitrogens with one attached hydrogen (secondary N) is 1. The standard InChI is InChI=1S/C21H25N3O3S/c1-16(25)24-12-8-17-6-7-20(14-19(17)15-24)28(26,27)22-10-13-23-11-9-18-4-2-3-5-21(18)23/h2-7,14,22H,8-13,15H2,1H3. The molecule has 1 N–H and O–H groups in total. The third kappa shape index (κ3) is 3.77. The minimum Gasteiger partial charge on any atom is -0.370 e. The zero-order valence-electron chi connectivity index (χ0n) is 16.0. The van der Waals surface area contributed by atoms with Crippen molar-refractivity contribution in [3.05, 3.63) is 59.2 Å². The van der Waals surface area contributed by atoms with Crippen LogP contribution in [-0.2, 0) is 34.2 Å². The first-order valence-corrected chi connectivity index (χ1v) is 11.1. The van der Waals surface area contributed by atoms with Crippen LogP contribution in [0.2, 0.25) is 0 Å². The lowest BCUT2D eigenvalue weighted by molar-refractivity contribution is -0.129. The Bertz CT molecular complexity index is 1000. The van der Waals surface area contributed by atoms with E-state index in [4.69, 9.17) is 0 Å². The minimum absolute atomic E-state index is 0.0166. The number of carbonyl (C=O) groups is 1. The fourth-order valence-electron chi connectivity index (χ4n) is 4.01. The molecule has 0 spiro atoms. The molecule has 0 aliphatic carbocycles. The van der Waals surface area contributed by atoms with Gasteiger partial charge in [0.2, 0.25) is 15.9 Å². The Morgan fingerprint density at radius 2 is 1.82 bits per heavy atom. The van der Waals surface area contributed by atoms with E-state index < -0.39 is 10.0 Å². The lowest BCUT2D eigenvalue weighted by atomic mass is 10.00. The first-order chi connectivity index (χ1) is 13.4. The normalized spacial score (nSPS) is 16.0. The van der Waals surface area contributed by atoms with Crippen molar-refractivity contribution in [3.8, 4) is 0 Å². The number of sulfonamides is 1. The topological polar surface area (TPSA) is 69.7 Å². The van der Waals surface area contributed by atoms with Crippen LogP contribution in [0, 0.1) is 0 Å². The van der Waals surface area contributed by atoms with Crippen LogP contribution in [0.1, 0.15) is 23.6 Å². The predicted molar refractivity (Wildman–Crippen MR) is 109 cm³/mol. The second kappa shape index (κ2) is 7.56. The summed E-state index contributed by atoms with van der Waals surface area (Å²) >= 11 is 0. The van der Waals surface area contributed by atoms with Crippen LogP contribution in [0.5, 0.6) is 0 Å². The molecule has 0 radical (unpaired) electrons. The van der Waals surface area contributed by atoms with Gasteiger partial charge in [0.25, 0.3) is 0 Å². The van der Waals surface area contributed by atoms with Crippen molar-refractivity contribution in [2.75, 3.05) is 31.1 Å². The average Bonchev–Trinajstić information content (AvgIpc) is 3.10. The van der Waals surface area contributed by atoms with Crippen LogP contribution in [0.3, 0.4) is 0 Å². The summed E-state index contributed by atoms with van der Waals surface area (Å²) in [7, 11) is -3.58. The molecule has 148 valence electrons. The summed E-state index contributed by atoms with van der Waals surface area (Å²) < 4.78 is 28.2. The Labute approximate surface area is 166 Å². The highest BCUT2D eigenvalue weighted by molar-refractivity contribution is 7.89. The smallest absolute Gasteiger partial charge is 0.240 e. The molecule has 28 heavy (non-hydrogen) atoms. The zero-order chi connectivity index (χ0) is 19.7. The summed E-state index contributed by atoms with van der Waals surface area (Å²) in [6.45, 7) is 4.61. The van der Waals surface area contributed by atoms with E-state index in [1.54, 1.807) is 24.0 Å². The van der Waals surface area contributed by atoms with Gasteiger partial charge in [-0.15, -0.1) is 0 Å². The van der Waals surface area contributed by atoms with Gasteiger partial charge in [-0.25, -0.2) is 13.1 Å². The van der Waals surface area contributed by atoms with Crippen molar-refractivity contribution in [1.82, 2.24) is 9.62 Å². The van der Waals surface area contributed by atoms with Crippen molar-refractivity contribution in [1.29, 1.82) is 0 Å². The van der Waals surface area contributed by atoms with E-state index in [1.807, 2.05) is 18.2 Å². The first kappa shape index (κ1) is 19.0. The van der Waals surface area contributed by atoms with Gasteiger partial charge in [-0.1, -0.05) is 24.3 Å². The van der Waals surface area contributed by atoms with Gasteiger partial charge in [-0.3, -0.25) is 4.79 Å². The molecule has 0 fully saturated rings. The number of benzene rings is 2. The third-order valence-electron chi connectivity index (χ3n) is 5.60. The monoisotopic (exact) mass is 399 g/mol. The summed E-state index contributed by atoms with van der Waals surface area (Å²) in [4.78, 5) is 15.9. The molecule has 4 rings (SSSR count). The van der Waals surface area contributed by atoms with E-state index in [9.17, 15) is 13.2 Å². The highest BCUT2D eigenvalue weighted by Gasteiger charge is 2.22. The van der Waals surface area contributed by atoms with Crippen molar-refractivity contribution < 1.29 is 13.2 Å². The molecule has 0 unspecified atom stereocenters. The van der Waals surface area contributed by atoms with E-state index in [-0.39, 0.29) is 10.8 Å². The van der Waals surface area contributed by atoms with E-state index in [0.29, 0.717) is 26.2 Å². The maximum absolute atomic E-state index is 12.7. The maximum atomic E-state index is 12.7. The van der Waals surface area contributed by atoms with Crippen LogP contribution in [0.25, 0.3) is 0 Å². The van der Waals surface area contributed by atoms with Crippen molar-refractivity contribution >= 4 is 21.6 Å². The molecule has 0 saturated carbocycles. The van der Waals surface area contributed by atoms with Gasteiger partial charge in [0.05, 0.1) is 4.90 Å². The summed E-state index contributed by atoms with van der Waals surface area (Å²) in [5.41, 5.74) is 4.54. The number of carbonyl (C=O) groups excluding carboxylic acids is 1. The Balaban J connectivity index is 1.42. The quantitative estimate of drug-likeness (QED) is 0.834. The van der Waals surface area contributed by atoms with Gasteiger partial charge in [0.15, 0.2) is 0 Å². The average molecular weight is 400 g/mol. The SMILES string of the molecule is CC(=O)N1CCc2ccc(S(=O)(=O)NCCN3CCc4ccccc43)cc2C1. The summed E-state index contributed by atoms with van der Waals surface area (Å²) in [5.74, 6) is 0.0166. The first-order valence-electron chi connectivity index (χ1n) is 9.64. The number of anilines is 1. The number of rotatable bonds is 5. The number of amides is 1. The second-order valence-corrected chi connectivity index (χ2v) is 9.15. The Morgan fingerprint density at radius 1 is 1.04 bits per heavy atom. The Kier molecular flexibility index (Phi) is 5.12. The number of fused-ring (bicyclic) bond motifs is 2. The van der Waals surface area contributed by atoms with E-state index in [1.165, 1.54) is 11.3 Å². The zero-order valence-corrected chi connectivity index (χ0v) is 16.8. The summed E-state index contributed by atoms with van der Waals surface area (Å²) in [6.07, 6.45) is 1.76. The molecule has 1 amide bonds. The van der Waals surface area contributed by atoms with Crippen LogP contribution in [-0.4, -0.2) is 45.4 Å². The van der Waals surface area contributed by atoms with Crippen molar-refractivity contribution in [3.63, 3.8) is 0 Å². The number of para-hydroxylation sites is 1. The van der Waals surface area contributed by atoms with E-state index in [0.717, 1.165) is 30.5 Å². The van der Waals surface area contributed by atoms with Gasteiger partial charge in [0, 0.05) is 45.3 Å². The lowest BCUT2D eigenvalue weighted by Gasteiger charge is -2.28. The fourth-order valence-corrected chi connectivity index (χ4v) is 5.08. The third-order valence-corrected chi connectivity index (χ3v) is 7.06. The molecule has 7 heteroatoms. The van der Waals surface area contributed by atoms with Gasteiger partial charge in [-0.2, -0.15) is 0 Å². The molecule has 0 saturated heterocycles. The summed E-state index contributed by atoms with van der Waals surface area (Å²) in [6, 6.07) is 13.5. The molecule has 2 aliphatic rings. The van der Waals surface area contributed by atoms with Gasteiger partial charge in [0.1, 0.15) is 0 Å². The molecule has 0 atom stereocenters. The Morgan fingerprint density at radius 3 is 2.64 bits per heavy atom. The molecular weight excluding hydrogens is 374 g/mol. The number of hydrogen-bond acceptors (Lipinski definition) is 4. The molecule has 2 aliphatic heterocycles. The van der Waals surface area contributed by atoms with Gasteiger partial charge >= 0.3 is 0 Å². The van der Waals surface area contributed by atoms with Crippen molar-refractivity contribution in [2.45, 2.75) is 31.2 Å². The fraction of sp³-hybridized carbons (Fsp3) is 0.381.